The van der Waals surface area contributed by atoms with Crippen LogP contribution in [0.4, 0.5) is 0 Å². The molecule has 8 heteroatoms. The second-order valence-corrected chi connectivity index (χ2v) is 4.00. The molecule has 1 atom stereocenters. The van der Waals surface area contributed by atoms with Crippen LogP contribution >= 0.6 is 0 Å². The summed E-state index contributed by atoms with van der Waals surface area (Å²) in [6, 6.07) is 3.23. The lowest BCUT2D eigenvalue weighted by molar-refractivity contribution is -0.125. The lowest BCUT2D eigenvalue weighted by Gasteiger charge is -2.08. The number of carbonyl (C=O) groups is 2. The predicted octanol–water partition coefficient (Wildman–Crippen LogP) is -1.16. The predicted molar refractivity (Wildman–Crippen MR) is 68.9 cm³/mol. The Bertz CT molecular complexity index is 594. The van der Waals surface area contributed by atoms with E-state index in [1.54, 1.807) is 35.4 Å². The van der Waals surface area contributed by atoms with Gasteiger partial charge in [-0.2, -0.15) is 0 Å². The number of nitrogens with one attached hydrogen (secondary N) is 1. The number of aliphatic hydroxyl groups excluding tert-OH is 1. The van der Waals surface area contributed by atoms with Crippen molar-refractivity contribution in [2.24, 2.45) is 5.73 Å². The second kappa shape index (κ2) is 5.93. The lowest BCUT2D eigenvalue weighted by atomic mass is 10.2. The first-order valence-corrected chi connectivity index (χ1v) is 5.78. The van der Waals surface area contributed by atoms with Crippen LogP contribution in [-0.4, -0.2) is 44.1 Å². The number of aromatic nitrogens is 3. The molecule has 2 aromatic heterocycles. The first-order valence-electron chi connectivity index (χ1n) is 5.78. The van der Waals surface area contributed by atoms with Gasteiger partial charge < -0.3 is 16.2 Å². The molecule has 1 unspecified atom stereocenters. The van der Waals surface area contributed by atoms with Crippen LogP contribution < -0.4 is 11.1 Å². The van der Waals surface area contributed by atoms with Crippen LogP contribution in [0, 0.1) is 0 Å². The molecule has 2 amide bonds. The van der Waals surface area contributed by atoms with Crippen LogP contribution in [0.1, 0.15) is 10.4 Å². The highest BCUT2D eigenvalue weighted by atomic mass is 16.3. The Morgan fingerprint density at radius 2 is 2.25 bits per heavy atom. The van der Waals surface area contributed by atoms with Crippen molar-refractivity contribution >= 4 is 11.8 Å². The van der Waals surface area contributed by atoms with Gasteiger partial charge in [0.15, 0.2) is 0 Å². The molecular weight excluding hydrogens is 262 g/mol. The van der Waals surface area contributed by atoms with Gasteiger partial charge >= 0.3 is 0 Å². The zero-order chi connectivity index (χ0) is 14.5. The Kier molecular flexibility index (Phi) is 4.06. The standard InChI is InChI=1S/C12H13N5O3/c13-11(19)9(18)6-16-12(20)8-1-2-10(15-5-8)17-4-3-14-7-17/h1-5,7,9,18H,6H2,(H2,13,19)(H,16,20). The van der Waals surface area contributed by atoms with Crippen molar-refractivity contribution in [2.75, 3.05) is 6.54 Å². The summed E-state index contributed by atoms with van der Waals surface area (Å²) in [5, 5.41) is 11.6. The zero-order valence-electron chi connectivity index (χ0n) is 10.4. The summed E-state index contributed by atoms with van der Waals surface area (Å²) in [6.07, 6.45) is 4.92. The van der Waals surface area contributed by atoms with E-state index in [1.807, 2.05) is 0 Å². The van der Waals surface area contributed by atoms with E-state index in [4.69, 9.17) is 5.73 Å². The van der Waals surface area contributed by atoms with Gasteiger partial charge in [0, 0.05) is 18.6 Å². The molecule has 4 N–H and O–H groups in total. The summed E-state index contributed by atoms with van der Waals surface area (Å²) in [7, 11) is 0. The van der Waals surface area contributed by atoms with E-state index in [2.05, 4.69) is 15.3 Å². The van der Waals surface area contributed by atoms with Crippen molar-refractivity contribution in [1.29, 1.82) is 0 Å². The van der Waals surface area contributed by atoms with Crippen molar-refractivity contribution in [3.05, 3.63) is 42.6 Å². The van der Waals surface area contributed by atoms with Crippen molar-refractivity contribution in [3.63, 3.8) is 0 Å². The van der Waals surface area contributed by atoms with E-state index < -0.39 is 17.9 Å². The topological polar surface area (TPSA) is 123 Å². The van der Waals surface area contributed by atoms with Crippen LogP contribution in [0.5, 0.6) is 0 Å². The maximum Gasteiger partial charge on any atom is 0.252 e. The lowest BCUT2D eigenvalue weighted by Crippen LogP contribution is -2.40. The van der Waals surface area contributed by atoms with Crippen molar-refractivity contribution in [3.8, 4) is 5.82 Å². The van der Waals surface area contributed by atoms with Crippen LogP contribution in [0.25, 0.3) is 5.82 Å². The number of rotatable bonds is 5. The minimum atomic E-state index is -1.41. The number of amides is 2. The highest BCUT2D eigenvalue weighted by Crippen LogP contribution is 2.05. The Morgan fingerprint density at radius 1 is 1.45 bits per heavy atom. The molecule has 0 aliphatic carbocycles. The fourth-order valence-corrected chi connectivity index (χ4v) is 1.46. The van der Waals surface area contributed by atoms with E-state index in [1.165, 1.54) is 6.20 Å². The first-order chi connectivity index (χ1) is 9.58. The molecule has 2 heterocycles. The highest BCUT2D eigenvalue weighted by Gasteiger charge is 2.13. The number of hydrogen-bond donors (Lipinski definition) is 3. The average molecular weight is 275 g/mol. The quantitative estimate of drug-likeness (QED) is 0.635. The SMILES string of the molecule is NC(=O)C(O)CNC(=O)c1ccc(-n2ccnc2)nc1. The van der Waals surface area contributed by atoms with Crippen LogP contribution in [0.3, 0.4) is 0 Å². The van der Waals surface area contributed by atoms with Gasteiger partial charge in [-0.05, 0) is 12.1 Å². The molecule has 2 aromatic rings. The molecular formula is C12H13N5O3. The van der Waals surface area contributed by atoms with Gasteiger partial charge in [0.2, 0.25) is 5.91 Å². The smallest absolute Gasteiger partial charge is 0.252 e. The highest BCUT2D eigenvalue weighted by molar-refractivity contribution is 5.94. The average Bonchev–Trinajstić information content (AvgIpc) is 2.98. The largest absolute Gasteiger partial charge is 0.381 e. The number of pyridine rings is 1. The molecule has 2 rings (SSSR count). The van der Waals surface area contributed by atoms with E-state index in [-0.39, 0.29) is 6.54 Å². The molecule has 0 aromatic carbocycles. The fourth-order valence-electron chi connectivity index (χ4n) is 1.46. The molecule has 0 fully saturated rings. The summed E-state index contributed by atoms with van der Waals surface area (Å²) in [4.78, 5) is 30.4. The summed E-state index contributed by atoms with van der Waals surface area (Å²) < 4.78 is 1.69. The summed E-state index contributed by atoms with van der Waals surface area (Å²) in [6.45, 7) is -0.239. The summed E-state index contributed by atoms with van der Waals surface area (Å²) >= 11 is 0. The molecule has 0 aliphatic heterocycles. The summed E-state index contributed by atoms with van der Waals surface area (Å²) in [5.41, 5.74) is 5.18. The Balaban J connectivity index is 1.99. The maximum atomic E-state index is 11.7. The van der Waals surface area contributed by atoms with Crippen molar-refractivity contribution < 1.29 is 14.7 Å². The number of imidazole rings is 1. The Morgan fingerprint density at radius 3 is 2.80 bits per heavy atom. The number of aliphatic hydroxyl groups is 1. The first kappa shape index (κ1) is 13.7. The van der Waals surface area contributed by atoms with Crippen LogP contribution in [0.15, 0.2) is 37.1 Å². The van der Waals surface area contributed by atoms with Crippen LogP contribution in [-0.2, 0) is 4.79 Å². The number of primary amides is 1. The molecule has 0 saturated heterocycles. The fraction of sp³-hybridized carbons (Fsp3) is 0.167. The molecule has 20 heavy (non-hydrogen) atoms. The molecule has 0 aliphatic rings. The third-order valence-electron chi connectivity index (χ3n) is 2.56. The van der Waals surface area contributed by atoms with Gasteiger partial charge in [-0.3, -0.25) is 14.2 Å². The minimum Gasteiger partial charge on any atom is -0.381 e. The molecule has 0 radical (unpaired) electrons. The van der Waals surface area contributed by atoms with E-state index in [0.717, 1.165) is 0 Å². The van der Waals surface area contributed by atoms with Crippen molar-refractivity contribution in [2.45, 2.75) is 6.10 Å². The minimum absolute atomic E-state index is 0.239. The molecule has 0 bridgehead atoms. The number of hydrogen-bond acceptors (Lipinski definition) is 5. The molecule has 8 nitrogen and oxygen atoms in total. The Labute approximate surface area is 114 Å². The van der Waals surface area contributed by atoms with E-state index in [9.17, 15) is 14.7 Å². The monoisotopic (exact) mass is 275 g/mol. The van der Waals surface area contributed by atoms with E-state index in [0.29, 0.717) is 11.4 Å². The zero-order valence-corrected chi connectivity index (χ0v) is 10.4. The normalized spacial score (nSPS) is 11.8. The Hall–Kier alpha value is -2.74. The van der Waals surface area contributed by atoms with Gasteiger partial charge in [0.25, 0.3) is 5.91 Å². The number of nitrogens with zero attached hydrogens (tertiary/aromatic N) is 3. The van der Waals surface area contributed by atoms with Gasteiger partial charge in [-0.1, -0.05) is 0 Å². The van der Waals surface area contributed by atoms with Gasteiger partial charge in [0.05, 0.1) is 12.1 Å². The van der Waals surface area contributed by atoms with Crippen LogP contribution in [0.2, 0.25) is 0 Å². The summed E-state index contributed by atoms with van der Waals surface area (Å²) in [5.74, 6) is -0.718. The molecule has 104 valence electrons. The molecule has 0 saturated carbocycles. The van der Waals surface area contributed by atoms with E-state index >= 15 is 0 Å². The van der Waals surface area contributed by atoms with Crippen molar-refractivity contribution in [1.82, 2.24) is 19.9 Å². The van der Waals surface area contributed by atoms with Gasteiger partial charge in [-0.25, -0.2) is 9.97 Å². The number of carbonyl (C=O) groups excluding carboxylic acids is 2. The second-order valence-electron chi connectivity index (χ2n) is 4.00. The van der Waals surface area contributed by atoms with Gasteiger partial charge in [-0.15, -0.1) is 0 Å². The number of nitrogens with two attached hydrogens (primary N) is 1. The third kappa shape index (κ3) is 3.18. The third-order valence-corrected chi connectivity index (χ3v) is 2.56. The molecule has 0 spiro atoms. The maximum absolute atomic E-state index is 11.7. The van der Waals surface area contributed by atoms with Gasteiger partial charge in [0.1, 0.15) is 18.2 Å².